The highest BCUT2D eigenvalue weighted by molar-refractivity contribution is 9.10. The molecule has 0 amide bonds. The quantitative estimate of drug-likeness (QED) is 0.840. The zero-order valence-corrected chi connectivity index (χ0v) is 9.47. The summed E-state index contributed by atoms with van der Waals surface area (Å²) in [6, 6.07) is 5.51. The molecule has 0 aromatic heterocycles. The third kappa shape index (κ3) is 3.06. The summed E-state index contributed by atoms with van der Waals surface area (Å²) in [6.45, 7) is 2.08. The number of rotatable bonds is 3. The van der Waals surface area contributed by atoms with E-state index in [9.17, 15) is 0 Å². The molecule has 0 heterocycles. The lowest BCUT2D eigenvalue weighted by atomic mass is 10.2. The Labute approximate surface area is 92.0 Å². The number of aliphatic hydroxyl groups is 1. The van der Waals surface area contributed by atoms with Crippen molar-refractivity contribution in [3.05, 3.63) is 28.2 Å². The summed E-state index contributed by atoms with van der Waals surface area (Å²) >= 11 is 3.32. The van der Waals surface area contributed by atoms with E-state index in [-0.39, 0.29) is 6.61 Å². The van der Waals surface area contributed by atoms with E-state index < -0.39 is 0 Å². The minimum Gasteiger partial charge on any atom is -0.481 e. The fourth-order valence-electron chi connectivity index (χ4n) is 0.998. The zero-order chi connectivity index (χ0) is 10.4. The van der Waals surface area contributed by atoms with E-state index in [0.717, 1.165) is 10.0 Å². The highest BCUT2D eigenvalue weighted by Gasteiger charge is 2.02. The molecule has 0 aliphatic heterocycles. The highest BCUT2D eigenvalue weighted by atomic mass is 79.9. The van der Waals surface area contributed by atoms with Crippen LogP contribution in [-0.2, 0) is 6.61 Å². The van der Waals surface area contributed by atoms with Crippen molar-refractivity contribution < 1.29 is 9.84 Å². The number of benzene rings is 1. The van der Waals surface area contributed by atoms with Crippen molar-refractivity contribution in [3.8, 4) is 17.6 Å². The first-order valence-corrected chi connectivity index (χ1v) is 4.99. The molecule has 0 saturated heterocycles. The molecular formula is C11H11BrO2. The van der Waals surface area contributed by atoms with Gasteiger partial charge in [-0.15, -0.1) is 5.92 Å². The van der Waals surface area contributed by atoms with Crippen LogP contribution >= 0.6 is 15.9 Å². The Balaban J connectivity index is 2.78. The van der Waals surface area contributed by atoms with Crippen LogP contribution in [0.2, 0.25) is 0 Å². The molecule has 0 bridgehead atoms. The van der Waals surface area contributed by atoms with Crippen molar-refractivity contribution in [1.82, 2.24) is 0 Å². The molecule has 0 saturated carbocycles. The van der Waals surface area contributed by atoms with Crippen LogP contribution in [0.15, 0.2) is 22.7 Å². The molecule has 1 rings (SSSR count). The van der Waals surface area contributed by atoms with Crippen LogP contribution in [0, 0.1) is 11.8 Å². The van der Waals surface area contributed by atoms with Gasteiger partial charge >= 0.3 is 0 Å². The SMILES string of the molecule is CC#CCOc1ccc(Br)cc1CO. The Kier molecular flexibility index (Phi) is 4.51. The topological polar surface area (TPSA) is 29.5 Å². The van der Waals surface area contributed by atoms with E-state index in [1.54, 1.807) is 6.92 Å². The molecule has 2 nitrogen and oxygen atoms in total. The summed E-state index contributed by atoms with van der Waals surface area (Å²) in [5.74, 6) is 6.22. The summed E-state index contributed by atoms with van der Waals surface area (Å²) < 4.78 is 6.30. The minimum absolute atomic E-state index is 0.0334. The van der Waals surface area contributed by atoms with E-state index in [1.165, 1.54) is 0 Å². The monoisotopic (exact) mass is 254 g/mol. The molecular weight excluding hydrogens is 244 g/mol. The molecule has 14 heavy (non-hydrogen) atoms. The van der Waals surface area contributed by atoms with Crippen LogP contribution in [0.5, 0.6) is 5.75 Å². The predicted molar refractivity (Wildman–Crippen MR) is 59.0 cm³/mol. The smallest absolute Gasteiger partial charge is 0.149 e. The van der Waals surface area contributed by atoms with Crippen molar-refractivity contribution in [2.24, 2.45) is 0 Å². The maximum Gasteiger partial charge on any atom is 0.149 e. The molecule has 3 heteroatoms. The number of ether oxygens (including phenoxy) is 1. The predicted octanol–water partition coefficient (Wildman–Crippen LogP) is 2.34. The van der Waals surface area contributed by atoms with Gasteiger partial charge in [-0.2, -0.15) is 0 Å². The van der Waals surface area contributed by atoms with Crippen molar-refractivity contribution in [2.45, 2.75) is 13.5 Å². The first kappa shape index (κ1) is 11.1. The lowest BCUT2D eigenvalue weighted by Crippen LogP contribution is -1.98. The van der Waals surface area contributed by atoms with Gasteiger partial charge in [0, 0.05) is 10.0 Å². The van der Waals surface area contributed by atoms with Gasteiger partial charge in [0.25, 0.3) is 0 Å². The largest absolute Gasteiger partial charge is 0.481 e. The van der Waals surface area contributed by atoms with E-state index in [1.807, 2.05) is 18.2 Å². The summed E-state index contributed by atoms with van der Waals surface area (Å²) in [7, 11) is 0. The Morgan fingerprint density at radius 3 is 2.93 bits per heavy atom. The Morgan fingerprint density at radius 2 is 2.29 bits per heavy atom. The molecule has 0 unspecified atom stereocenters. The van der Waals surface area contributed by atoms with Crippen molar-refractivity contribution in [2.75, 3.05) is 6.61 Å². The first-order valence-electron chi connectivity index (χ1n) is 4.19. The van der Waals surface area contributed by atoms with Crippen LogP contribution in [-0.4, -0.2) is 11.7 Å². The van der Waals surface area contributed by atoms with Crippen molar-refractivity contribution in [1.29, 1.82) is 0 Å². The van der Waals surface area contributed by atoms with Crippen LogP contribution in [0.4, 0.5) is 0 Å². The average Bonchev–Trinajstić information content (AvgIpc) is 2.20. The van der Waals surface area contributed by atoms with Crippen molar-refractivity contribution >= 4 is 15.9 Å². The number of hydrogen-bond donors (Lipinski definition) is 1. The number of hydrogen-bond acceptors (Lipinski definition) is 2. The second-order valence-electron chi connectivity index (χ2n) is 2.63. The molecule has 1 N–H and O–H groups in total. The lowest BCUT2D eigenvalue weighted by molar-refractivity contribution is 0.270. The van der Waals surface area contributed by atoms with Crippen LogP contribution in [0.1, 0.15) is 12.5 Å². The Morgan fingerprint density at radius 1 is 1.50 bits per heavy atom. The van der Waals surface area contributed by atoms with Gasteiger partial charge in [-0.05, 0) is 25.1 Å². The molecule has 0 radical (unpaired) electrons. The van der Waals surface area contributed by atoms with Gasteiger partial charge in [0.05, 0.1) is 6.61 Å². The molecule has 74 valence electrons. The Hall–Kier alpha value is -0.980. The molecule has 0 atom stereocenters. The number of aliphatic hydroxyl groups excluding tert-OH is 1. The fourth-order valence-corrected chi connectivity index (χ4v) is 1.41. The van der Waals surface area contributed by atoms with E-state index in [4.69, 9.17) is 9.84 Å². The maximum atomic E-state index is 9.06. The summed E-state index contributed by atoms with van der Waals surface area (Å²) in [6.07, 6.45) is 0. The van der Waals surface area contributed by atoms with E-state index in [0.29, 0.717) is 12.4 Å². The van der Waals surface area contributed by atoms with Gasteiger partial charge < -0.3 is 9.84 Å². The van der Waals surface area contributed by atoms with Gasteiger partial charge in [0.2, 0.25) is 0 Å². The molecule has 0 fully saturated rings. The third-order valence-corrected chi connectivity index (χ3v) is 2.16. The van der Waals surface area contributed by atoms with Gasteiger partial charge in [-0.1, -0.05) is 21.9 Å². The van der Waals surface area contributed by atoms with Crippen LogP contribution < -0.4 is 4.74 Å². The molecule has 0 spiro atoms. The minimum atomic E-state index is -0.0334. The van der Waals surface area contributed by atoms with E-state index >= 15 is 0 Å². The standard InChI is InChI=1S/C11H11BrO2/c1-2-3-6-14-11-5-4-10(12)7-9(11)8-13/h4-5,7,13H,6,8H2,1H3. The molecule has 0 aliphatic rings. The lowest BCUT2D eigenvalue weighted by Gasteiger charge is -2.07. The Bertz CT molecular complexity index is 363. The van der Waals surface area contributed by atoms with Gasteiger partial charge in [0.15, 0.2) is 0 Å². The molecule has 0 aliphatic carbocycles. The van der Waals surface area contributed by atoms with Crippen molar-refractivity contribution in [3.63, 3.8) is 0 Å². The summed E-state index contributed by atoms with van der Waals surface area (Å²) in [5.41, 5.74) is 0.761. The summed E-state index contributed by atoms with van der Waals surface area (Å²) in [5, 5.41) is 9.06. The van der Waals surface area contributed by atoms with Gasteiger partial charge in [0.1, 0.15) is 12.4 Å². The first-order chi connectivity index (χ1) is 6.77. The zero-order valence-electron chi connectivity index (χ0n) is 7.88. The second-order valence-corrected chi connectivity index (χ2v) is 3.54. The molecule has 1 aromatic carbocycles. The fraction of sp³-hybridized carbons (Fsp3) is 0.273. The van der Waals surface area contributed by atoms with Gasteiger partial charge in [-0.25, -0.2) is 0 Å². The van der Waals surface area contributed by atoms with Gasteiger partial charge in [-0.3, -0.25) is 0 Å². The maximum absolute atomic E-state index is 9.06. The normalized spacial score (nSPS) is 9.07. The third-order valence-electron chi connectivity index (χ3n) is 1.67. The second kappa shape index (κ2) is 5.69. The van der Waals surface area contributed by atoms with Crippen LogP contribution in [0.25, 0.3) is 0 Å². The number of halogens is 1. The summed E-state index contributed by atoms with van der Waals surface area (Å²) in [4.78, 5) is 0. The average molecular weight is 255 g/mol. The highest BCUT2D eigenvalue weighted by Crippen LogP contribution is 2.22. The molecule has 1 aromatic rings. The van der Waals surface area contributed by atoms with Crippen LogP contribution in [0.3, 0.4) is 0 Å². The van der Waals surface area contributed by atoms with E-state index in [2.05, 4.69) is 27.8 Å².